The molecule has 2 rings (SSSR count). The Balaban J connectivity index is 1.99. The molecule has 96 valence electrons. The third-order valence-corrected chi connectivity index (χ3v) is 3.11. The number of fused-ring (bicyclic) bond motifs is 1. The highest BCUT2D eigenvalue weighted by Gasteiger charge is 2.04. The molecular formula is C14H17ClN2O. The number of nitrogens with zero attached hydrogens (tertiary/aromatic N) is 1. The van der Waals surface area contributed by atoms with Crippen molar-refractivity contribution in [2.45, 2.75) is 11.8 Å². The third-order valence-electron chi connectivity index (χ3n) is 2.77. The lowest BCUT2D eigenvalue weighted by Crippen LogP contribution is -2.13. The maximum absolute atomic E-state index is 6.09. The number of anilines is 1. The van der Waals surface area contributed by atoms with Crippen molar-refractivity contribution in [1.29, 1.82) is 0 Å². The van der Waals surface area contributed by atoms with Gasteiger partial charge in [-0.3, -0.25) is 4.98 Å². The number of benzene rings is 1. The van der Waals surface area contributed by atoms with Gasteiger partial charge in [0.25, 0.3) is 0 Å². The summed E-state index contributed by atoms with van der Waals surface area (Å²) in [6.45, 7) is 1.41. The van der Waals surface area contributed by atoms with E-state index in [1.165, 1.54) is 0 Å². The summed E-state index contributed by atoms with van der Waals surface area (Å²) in [5.74, 6) is 0. The Bertz CT molecular complexity index is 499. The van der Waals surface area contributed by atoms with Crippen molar-refractivity contribution in [2.75, 3.05) is 25.6 Å². The Morgan fingerprint density at radius 1 is 1.33 bits per heavy atom. The van der Waals surface area contributed by atoms with Crippen LogP contribution in [0.25, 0.3) is 10.9 Å². The van der Waals surface area contributed by atoms with E-state index in [0.717, 1.165) is 29.6 Å². The first kappa shape index (κ1) is 13.1. The van der Waals surface area contributed by atoms with E-state index in [1.54, 1.807) is 7.11 Å². The van der Waals surface area contributed by atoms with Gasteiger partial charge in [0.05, 0.1) is 17.5 Å². The smallest absolute Gasteiger partial charge is 0.0722 e. The molecule has 0 amide bonds. The van der Waals surface area contributed by atoms with Crippen molar-refractivity contribution >= 4 is 28.2 Å². The molecule has 1 heterocycles. The fraction of sp³-hybridized carbons (Fsp3) is 0.357. The number of nitrogens with one attached hydrogen (secondary N) is 1. The zero-order valence-electron chi connectivity index (χ0n) is 10.4. The van der Waals surface area contributed by atoms with E-state index < -0.39 is 0 Å². The summed E-state index contributed by atoms with van der Waals surface area (Å²) >= 11 is 6.09. The van der Waals surface area contributed by atoms with Gasteiger partial charge in [-0.05, 0) is 18.6 Å². The van der Waals surface area contributed by atoms with E-state index in [1.807, 2.05) is 30.5 Å². The number of hydrogen-bond donors (Lipinski definition) is 1. The number of para-hydroxylation sites is 1. The molecule has 0 bridgehead atoms. The van der Waals surface area contributed by atoms with Gasteiger partial charge in [0, 0.05) is 30.9 Å². The molecule has 4 heteroatoms. The fourth-order valence-corrected chi connectivity index (χ4v) is 2.11. The number of hydrogen-bond acceptors (Lipinski definition) is 3. The number of aromatic nitrogens is 1. The van der Waals surface area contributed by atoms with Gasteiger partial charge in [0.1, 0.15) is 0 Å². The molecule has 18 heavy (non-hydrogen) atoms. The van der Waals surface area contributed by atoms with Crippen LogP contribution in [0.5, 0.6) is 0 Å². The van der Waals surface area contributed by atoms with Crippen LogP contribution in [0.2, 0.25) is 0 Å². The molecule has 0 fully saturated rings. The van der Waals surface area contributed by atoms with Crippen LogP contribution in [-0.4, -0.2) is 30.6 Å². The molecule has 1 atom stereocenters. The number of pyridine rings is 1. The molecule has 0 aliphatic heterocycles. The van der Waals surface area contributed by atoms with Gasteiger partial charge in [-0.25, -0.2) is 0 Å². The monoisotopic (exact) mass is 264 g/mol. The second-order valence-corrected chi connectivity index (χ2v) is 4.76. The maximum Gasteiger partial charge on any atom is 0.0722 e. The van der Waals surface area contributed by atoms with E-state index in [4.69, 9.17) is 16.3 Å². The molecule has 2 aromatic rings. The molecule has 0 aliphatic carbocycles. The molecular weight excluding hydrogens is 248 g/mol. The molecule has 0 aliphatic rings. The predicted molar refractivity (Wildman–Crippen MR) is 76.4 cm³/mol. The summed E-state index contributed by atoms with van der Waals surface area (Å²) in [6, 6.07) is 10.1. The number of halogens is 1. The number of methoxy groups -OCH3 is 1. The van der Waals surface area contributed by atoms with Crippen LogP contribution in [-0.2, 0) is 4.74 Å². The van der Waals surface area contributed by atoms with Crippen LogP contribution < -0.4 is 5.32 Å². The number of rotatable bonds is 6. The lowest BCUT2D eigenvalue weighted by Gasteiger charge is -2.11. The van der Waals surface area contributed by atoms with Gasteiger partial charge in [-0.1, -0.05) is 18.2 Å². The molecule has 0 spiro atoms. The molecule has 0 radical (unpaired) electrons. The minimum absolute atomic E-state index is 0.0515. The Hall–Kier alpha value is -1.32. The predicted octanol–water partition coefficient (Wildman–Crippen LogP) is 3.29. The number of alkyl halides is 1. The van der Waals surface area contributed by atoms with Crippen LogP contribution in [0, 0.1) is 0 Å². The van der Waals surface area contributed by atoms with Gasteiger partial charge in [0.15, 0.2) is 0 Å². The highest BCUT2D eigenvalue weighted by molar-refractivity contribution is 6.20. The zero-order chi connectivity index (χ0) is 12.8. The average molecular weight is 265 g/mol. The summed E-state index contributed by atoms with van der Waals surface area (Å²) in [6.07, 6.45) is 2.68. The highest BCUT2D eigenvalue weighted by Crippen LogP contribution is 2.20. The van der Waals surface area contributed by atoms with E-state index in [2.05, 4.69) is 16.4 Å². The first-order valence-corrected chi connectivity index (χ1v) is 6.45. The number of ether oxygens (including phenoxy) is 1. The quantitative estimate of drug-likeness (QED) is 0.813. The standard InChI is InChI=1S/C14H17ClN2O/c1-18-10-11(15)6-8-16-14-7-9-17-13-5-3-2-4-12(13)14/h2-5,7,9,11H,6,8,10H2,1H3,(H,16,17). The Morgan fingerprint density at radius 2 is 2.17 bits per heavy atom. The topological polar surface area (TPSA) is 34.1 Å². The molecule has 1 N–H and O–H groups in total. The van der Waals surface area contributed by atoms with E-state index >= 15 is 0 Å². The lowest BCUT2D eigenvalue weighted by molar-refractivity contribution is 0.196. The SMILES string of the molecule is COCC(Cl)CCNc1ccnc2ccccc12. The second kappa shape index (κ2) is 6.57. The van der Waals surface area contributed by atoms with Gasteiger partial charge < -0.3 is 10.1 Å². The largest absolute Gasteiger partial charge is 0.384 e. The molecule has 3 nitrogen and oxygen atoms in total. The van der Waals surface area contributed by atoms with Crippen molar-refractivity contribution in [2.24, 2.45) is 0 Å². The van der Waals surface area contributed by atoms with E-state index in [-0.39, 0.29) is 5.38 Å². The summed E-state index contributed by atoms with van der Waals surface area (Å²) in [5.41, 5.74) is 2.10. The summed E-state index contributed by atoms with van der Waals surface area (Å²) in [4.78, 5) is 4.33. The average Bonchev–Trinajstić information content (AvgIpc) is 2.39. The summed E-state index contributed by atoms with van der Waals surface area (Å²) in [7, 11) is 1.67. The van der Waals surface area contributed by atoms with Crippen molar-refractivity contribution < 1.29 is 4.74 Å². The Morgan fingerprint density at radius 3 is 3.00 bits per heavy atom. The minimum atomic E-state index is 0.0515. The van der Waals surface area contributed by atoms with Crippen LogP contribution in [0.3, 0.4) is 0 Å². The summed E-state index contributed by atoms with van der Waals surface area (Å²) < 4.78 is 5.01. The van der Waals surface area contributed by atoms with Gasteiger partial charge in [0.2, 0.25) is 0 Å². The van der Waals surface area contributed by atoms with Gasteiger partial charge in [-0.15, -0.1) is 11.6 Å². The fourth-order valence-electron chi connectivity index (χ4n) is 1.88. The van der Waals surface area contributed by atoms with Crippen molar-refractivity contribution in [3.05, 3.63) is 36.5 Å². The summed E-state index contributed by atoms with van der Waals surface area (Å²) in [5, 5.41) is 4.59. The molecule has 1 unspecified atom stereocenters. The van der Waals surface area contributed by atoms with Crippen LogP contribution in [0.1, 0.15) is 6.42 Å². The third kappa shape index (κ3) is 3.34. The first-order valence-electron chi connectivity index (χ1n) is 6.02. The van der Waals surface area contributed by atoms with Crippen LogP contribution in [0.15, 0.2) is 36.5 Å². The first-order chi connectivity index (χ1) is 8.81. The zero-order valence-corrected chi connectivity index (χ0v) is 11.2. The normalized spacial score (nSPS) is 12.6. The minimum Gasteiger partial charge on any atom is -0.384 e. The molecule has 1 aromatic carbocycles. The molecule has 1 aromatic heterocycles. The lowest BCUT2D eigenvalue weighted by atomic mass is 10.2. The van der Waals surface area contributed by atoms with Crippen LogP contribution >= 0.6 is 11.6 Å². The molecule has 0 saturated heterocycles. The second-order valence-electron chi connectivity index (χ2n) is 4.14. The Labute approximate surface area is 112 Å². The highest BCUT2D eigenvalue weighted by atomic mass is 35.5. The Kier molecular flexibility index (Phi) is 4.79. The van der Waals surface area contributed by atoms with Crippen molar-refractivity contribution in [1.82, 2.24) is 4.98 Å². The molecule has 0 saturated carbocycles. The van der Waals surface area contributed by atoms with Crippen molar-refractivity contribution in [3.8, 4) is 0 Å². The van der Waals surface area contributed by atoms with E-state index in [0.29, 0.717) is 6.61 Å². The van der Waals surface area contributed by atoms with E-state index in [9.17, 15) is 0 Å². The van der Waals surface area contributed by atoms with Gasteiger partial charge >= 0.3 is 0 Å². The maximum atomic E-state index is 6.09. The van der Waals surface area contributed by atoms with Crippen molar-refractivity contribution in [3.63, 3.8) is 0 Å². The van der Waals surface area contributed by atoms with Gasteiger partial charge in [-0.2, -0.15) is 0 Å². The van der Waals surface area contributed by atoms with Crippen LogP contribution in [0.4, 0.5) is 5.69 Å².